The quantitative estimate of drug-likeness (QED) is 0.598. The second-order valence-electron chi connectivity index (χ2n) is 5.49. The molecule has 12 heavy (non-hydrogen) atoms. The van der Waals surface area contributed by atoms with Crippen LogP contribution in [0, 0.1) is 0 Å². The van der Waals surface area contributed by atoms with Gasteiger partial charge in [-0.05, 0) is 6.04 Å². The average molecular weight is 200 g/mol. The number of allylic oxidation sites excluding steroid dienone is 1. The molecule has 0 N–H and O–H groups in total. The van der Waals surface area contributed by atoms with Gasteiger partial charge in [-0.3, -0.25) is 0 Å². The van der Waals surface area contributed by atoms with E-state index in [1.54, 1.807) is 0 Å². The van der Waals surface area contributed by atoms with E-state index in [9.17, 15) is 0 Å². The predicted molar refractivity (Wildman–Crippen MR) is 65.3 cm³/mol. The summed E-state index contributed by atoms with van der Waals surface area (Å²) in [6.45, 7) is 14.5. The number of hydrogen-bond donors (Lipinski definition) is 0. The molecule has 0 aliphatic heterocycles. The number of rotatable bonds is 4. The highest BCUT2D eigenvalue weighted by Crippen LogP contribution is 2.15. The molecule has 0 aromatic carbocycles. The molecule has 0 aliphatic rings. The lowest BCUT2D eigenvalue weighted by atomic mass is 10.8. The Bertz CT molecular complexity index is 152. The van der Waals surface area contributed by atoms with Gasteiger partial charge in [0, 0.05) is 0 Å². The second-order valence-corrected chi connectivity index (χ2v) is 16.0. The Labute approximate surface area is 80.1 Å². The molecule has 72 valence electrons. The monoisotopic (exact) mass is 200 g/mol. The van der Waals surface area contributed by atoms with Crippen molar-refractivity contribution in [3.05, 3.63) is 11.8 Å². The van der Waals surface area contributed by atoms with Crippen LogP contribution in [0.4, 0.5) is 0 Å². The lowest BCUT2D eigenvalue weighted by molar-refractivity contribution is 1.31. The van der Waals surface area contributed by atoms with Gasteiger partial charge in [-0.25, -0.2) is 0 Å². The van der Waals surface area contributed by atoms with E-state index >= 15 is 0 Å². The van der Waals surface area contributed by atoms with Crippen molar-refractivity contribution >= 4 is 16.1 Å². The van der Waals surface area contributed by atoms with Gasteiger partial charge in [0.05, 0.1) is 16.1 Å². The Morgan fingerprint density at radius 3 is 1.83 bits per heavy atom. The maximum Gasteiger partial charge on any atom is 0.0682 e. The summed E-state index contributed by atoms with van der Waals surface area (Å²) in [5.41, 5.74) is 2.48. The van der Waals surface area contributed by atoms with E-state index in [1.807, 2.05) is 0 Å². The standard InChI is InChI=1S/C10H24Si2/c1-7-12(5,6)10-8-9-11(2,3)4/h8-9H,7,10H2,1-6H3/b9-8+. The van der Waals surface area contributed by atoms with E-state index in [0.29, 0.717) is 0 Å². The summed E-state index contributed by atoms with van der Waals surface area (Å²) >= 11 is 0. The molecule has 2 heteroatoms. The van der Waals surface area contributed by atoms with Gasteiger partial charge in [0.15, 0.2) is 0 Å². The van der Waals surface area contributed by atoms with E-state index in [2.05, 4.69) is 51.4 Å². The largest absolute Gasteiger partial charge is 0.0992 e. The van der Waals surface area contributed by atoms with Gasteiger partial charge in [-0.15, -0.1) is 0 Å². The van der Waals surface area contributed by atoms with Gasteiger partial charge in [-0.2, -0.15) is 0 Å². The van der Waals surface area contributed by atoms with Crippen LogP contribution in [0.25, 0.3) is 0 Å². The smallest absolute Gasteiger partial charge is 0.0682 e. The molecule has 0 saturated carbocycles. The molecule has 0 amide bonds. The molecule has 0 radical (unpaired) electrons. The Morgan fingerprint density at radius 1 is 1.00 bits per heavy atom. The van der Waals surface area contributed by atoms with Crippen molar-refractivity contribution < 1.29 is 0 Å². The molecule has 0 rings (SSSR count). The zero-order chi connectivity index (χ0) is 9.83. The van der Waals surface area contributed by atoms with E-state index < -0.39 is 16.1 Å². The average Bonchev–Trinajstić information content (AvgIpc) is 1.84. The van der Waals surface area contributed by atoms with Crippen LogP contribution < -0.4 is 0 Å². The van der Waals surface area contributed by atoms with Gasteiger partial charge < -0.3 is 0 Å². The highest BCUT2D eigenvalue weighted by Gasteiger charge is 2.16. The highest BCUT2D eigenvalue weighted by atomic mass is 28.3. The fraction of sp³-hybridized carbons (Fsp3) is 0.800. The Balaban J connectivity index is 3.91. The third-order valence-corrected chi connectivity index (χ3v) is 6.74. The third kappa shape index (κ3) is 6.86. The molecule has 0 aromatic rings. The highest BCUT2D eigenvalue weighted by molar-refractivity contribution is 6.81. The maximum absolute atomic E-state index is 2.48. The van der Waals surface area contributed by atoms with Gasteiger partial charge in [0.25, 0.3) is 0 Å². The summed E-state index contributed by atoms with van der Waals surface area (Å²) < 4.78 is 0. The Morgan fingerprint density at radius 2 is 1.50 bits per heavy atom. The first kappa shape index (κ1) is 12.2. The predicted octanol–water partition coefficient (Wildman–Crippen LogP) is 4.15. The molecule has 0 aromatic heterocycles. The summed E-state index contributed by atoms with van der Waals surface area (Å²) in [7, 11) is -1.77. The van der Waals surface area contributed by atoms with E-state index in [1.165, 1.54) is 12.1 Å². The first-order chi connectivity index (χ1) is 5.27. The molecular weight excluding hydrogens is 176 g/mol. The number of hydrogen-bond acceptors (Lipinski definition) is 0. The molecule has 0 fully saturated rings. The molecule has 0 heterocycles. The molecular formula is C10H24Si2. The van der Waals surface area contributed by atoms with E-state index in [-0.39, 0.29) is 0 Å². The summed E-state index contributed by atoms with van der Waals surface area (Å²) in [5, 5.41) is 0. The topological polar surface area (TPSA) is 0 Å². The molecule has 0 saturated heterocycles. The first-order valence-electron chi connectivity index (χ1n) is 4.94. The summed E-state index contributed by atoms with van der Waals surface area (Å²) in [6.07, 6.45) is 2.45. The van der Waals surface area contributed by atoms with Gasteiger partial charge >= 0.3 is 0 Å². The minimum absolute atomic E-state index is 0.842. The summed E-state index contributed by atoms with van der Waals surface area (Å²) in [4.78, 5) is 0. The lowest BCUT2D eigenvalue weighted by Gasteiger charge is -2.18. The molecule has 0 aliphatic carbocycles. The minimum atomic E-state index is -0.928. The molecule has 0 spiro atoms. The van der Waals surface area contributed by atoms with Crippen molar-refractivity contribution in [3.63, 3.8) is 0 Å². The van der Waals surface area contributed by atoms with Gasteiger partial charge in [0.1, 0.15) is 0 Å². The van der Waals surface area contributed by atoms with E-state index in [4.69, 9.17) is 0 Å². The normalized spacial score (nSPS) is 14.2. The lowest BCUT2D eigenvalue weighted by Crippen LogP contribution is -2.23. The Kier molecular flexibility index (Phi) is 4.49. The van der Waals surface area contributed by atoms with Gasteiger partial charge in [-0.1, -0.05) is 57.5 Å². The fourth-order valence-corrected chi connectivity index (χ4v) is 2.98. The zero-order valence-electron chi connectivity index (χ0n) is 9.57. The first-order valence-corrected chi connectivity index (χ1v) is 11.9. The Hall–Kier alpha value is 0.174. The second kappa shape index (κ2) is 4.42. The van der Waals surface area contributed by atoms with Crippen molar-refractivity contribution in [2.24, 2.45) is 0 Å². The summed E-state index contributed by atoms with van der Waals surface area (Å²) in [5.74, 6) is 0. The van der Waals surface area contributed by atoms with Gasteiger partial charge in [0.2, 0.25) is 0 Å². The van der Waals surface area contributed by atoms with Crippen LogP contribution >= 0.6 is 0 Å². The van der Waals surface area contributed by atoms with Crippen LogP contribution in [0.1, 0.15) is 6.92 Å². The van der Waals surface area contributed by atoms with Crippen molar-refractivity contribution in [2.45, 2.75) is 51.7 Å². The van der Waals surface area contributed by atoms with Crippen LogP contribution in [-0.4, -0.2) is 16.1 Å². The SMILES string of the molecule is CC[Si](C)(C)C/C=C/[Si](C)(C)C. The molecule has 0 bridgehead atoms. The van der Waals surface area contributed by atoms with Crippen LogP contribution in [-0.2, 0) is 0 Å². The molecule has 0 atom stereocenters. The van der Waals surface area contributed by atoms with Crippen LogP contribution in [0.2, 0.25) is 44.8 Å². The van der Waals surface area contributed by atoms with E-state index in [0.717, 1.165) is 0 Å². The maximum atomic E-state index is 2.48. The van der Waals surface area contributed by atoms with Crippen LogP contribution in [0.15, 0.2) is 11.8 Å². The fourth-order valence-electron chi connectivity index (χ4n) is 0.876. The molecule has 0 unspecified atom stereocenters. The van der Waals surface area contributed by atoms with Crippen LogP contribution in [0.5, 0.6) is 0 Å². The van der Waals surface area contributed by atoms with Crippen LogP contribution in [0.3, 0.4) is 0 Å². The zero-order valence-corrected chi connectivity index (χ0v) is 11.6. The molecule has 0 nitrogen and oxygen atoms in total. The summed E-state index contributed by atoms with van der Waals surface area (Å²) in [6, 6.07) is 2.77. The van der Waals surface area contributed by atoms with Crippen molar-refractivity contribution in [3.8, 4) is 0 Å². The van der Waals surface area contributed by atoms with Crippen molar-refractivity contribution in [1.29, 1.82) is 0 Å². The van der Waals surface area contributed by atoms with Crippen molar-refractivity contribution in [1.82, 2.24) is 0 Å². The minimum Gasteiger partial charge on any atom is -0.0992 e. The third-order valence-electron chi connectivity index (χ3n) is 2.25. The van der Waals surface area contributed by atoms with Crippen molar-refractivity contribution in [2.75, 3.05) is 0 Å².